The van der Waals surface area contributed by atoms with E-state index < -0.39 is 5.60 Å². The van der Waals surface area contributed by atoms with Gasteiger partial charge < -0.3 is 9.64 Å². The quantitative estimate of drug-likeness (QED) is 0.704. The number of hydrogen-bond acceptors (Lipinski definition) is 4. The lowest BCUT2D eigenvalue weighted by atomic mass is 10.0. The first-order valence-corrected chi connectivity index (χ1v) is 6.88. The van der Waals surface area contributed by atoms with E-state index in [4.69, 9.17) is 9.57 Å². The van der Waals surface area contributed by atoms with Crippen molar-refractivity contribution >= 4 is 12.0 Å². The lowest BCUT2D eigenvalue weighted by molar-refractivity contribution is -0.173. The third-order valence-electron chi connectivity index (χ3n) is 2.94. The molecule has 0 aromatic carbocycles. The Labute approximate surface area is 122 Å². The predicted octanol–water partition coefficient (Wildman–Crippen LogP) is 2.29. The minimum Gasteiger partial charge on any atom is -0.444 e. The SMILES string of the molecule is CCC(CCN(C)C(=O)OC(C)(C)C)C(=O)N(C)OC. The number of nitrogens with zero attached hydrogens (tertiary/aromatic N) is 2. The maximum atomic E-state index is 12.0. The Balaban J connectivity index is 4.36. The molecule has 0 aliphatic carbocycles. The van der Waals surface area contributed by atoms with Gasteiger partial charge in [0.25, 0.3) is 0 Å². The third-order valence-corrected chi connectivity index (χ3v) is 2.94. The maximum Gasteiger partial charge on any atom is 0.410 e. The average molecular weight is 288 g/mol. The van der Waals surface area contributed by atoms with Crippen molar-refractivity contribution in [2.24, 2.45) is 5.92 Å². The van der Waals surface area contributed by atoms with Crippen LogP contribution in [-0.2, 0) is 14.4 Å². The van der Waals surface area contributed by atoms with Crippen LogP contribution in [0.15, 0.2) is 0 Å². The Kier molecular flexibility index (Phi) is 7.57. The highest BCUT2D eigenvalue weighted by molar-refractivity contribution is 5.77. The highest BCUT2D eigenvalue weighted by Crippen LogP contribution is 2.14. The molecule has 1 atom stereocenters. The molecule has 0 aliphatic heterocycles. The first-order chi connectivity index (χ1) is 9.12. The van der Waals surface area contributed by atoms with Gasteiger partial charge in [0.05, 0.1) is 7.11 Å². The molecule has 0 aromatic rings. The second-order valence-corrected chi connectivity index (χ2v) is 5.81. The van der Waals surface area contributed by atoms with Crippen LogP contribution in [0.2, 0.25) is 0 Å². The number of rotatable bonds is 6. The molecule has 0 aliphatic rings. The van der Waals surface area contributed by atoms with Gasteiger partial charge in [-0.1, -0.05) is 6.92 Å². The molecule has 20 heavy (non-hydrogen) atoms. The Bertz CT molecular complexity index is 326. The van der Waals surface area contributed by atoms with Gasteiger partial charge in [0.1, 0.15) is 5.60 Å². The van der Waals surface area contributed by atoms with Gasteiger partial charge in [-0.3, -0.25) is 9.63 Å². The van der Waals surface area contributed by atoms with Gasteiger partial charge in [0, 0.05) is 26.6 Å². The van der Waals surface area contributed by atoms with Crippen LogP contribution in [-0.4, -0.2) is 55.3 Å². The van der Waals surface area contributed by atoms with Gasteiger partial charge in [0.2, 0.25) is 5.91 Å². The van der Waals surface area contributed by atoms with Gasteiger partial charge in [-0.25, -0.2) is 9.86 Å². The summed E-state index contributed by atoms with van der Waals surface area (Å²) in [6.07, 6.45) is 0.910. The van der Waals surface area contributed by atoms with Crippen LogP contribution in [0, 0.1) is 5.92 Å². The molecule has 0 bridgehead atoms. The molecule has 118 valence electrons. The summed E-state index contributed by atoms with van der Waals surface area (Å²) in [5.41, 5.74) is -0.512. The van der Waals surface area contributed by atoms with Crippen molar-refractivity contribution in [3.05, 3.63) is 0 Å². The lowest BCUT2D eigenvalue weighted by Gasteiger charge is -2.26. The molecule has 0 saturated carbocycles. The minimum atomic E-state index is -0.512. The average Bonchev–Trinajstić information content (AvgIpc) is 2.35. The third kappa shape index (κ3) is 6.75. The second-order valence-electron chi connectivity index (χ2n) is 5.81. The van der Waals surface area contributed by atoms with E-state index in [9.17, 15) is 9.59 Å². The molecule has 0 spiro atoms. The summed E-state index contributed by atoms with van der Waals surface area (Å²) in [7, 11) is 4.71. The summed E-state index contributed by atoms with van der Waals surface area (Å²) in [4.78, 5) is 30.2. The number of ether oxygens (including phenoxy) is 1. The number of hydroxylamine groups is 2. The molecule has 0 saturated heterocycles. The topological polar surface area (TPSA) is 59.1 Å². The zero-order valence-electron chi connectivity index (χ0n) is 13.7. The van der Waals surface area contributed by atoms with E-state index in [1.54, 1.807) is 14.1 Å². The van der Waals surface area contributed by atoms with Crippen molar-refractivity contribution in [1.29, 1.82) is 0 Å². The summed E-state index contributed by atoms with van der Waals surface area (Å²) >= 11 is 0. The number of hydrogen-bond donors (Lipinski definition) is 0. The highest BCUT2D eigenvalue weighted by atomic mass is 16.7. The summed E-state index contributed by atoms with van der Waals surface area (Å²) in [5.74, 6) is -0.238. The fraction of sp³-hybridized carbons (Fsp3) is 0.857. The summed E-state index contributed by atoms with van der Waals surface area (Å²) in [6.45, 7) is 7.89. The van der Waals surface area contributed by atoms with Crippen molar-refractivity contribution in [3.63, 3.8) is 0 Å². The molecule has 0 heterocycles. The molecule has 0 aromatic heterocycles. The predicted molar refractivity (Wildman–Crippen MR) is 77.0 cm³/mol. The van der Waals surface area contributed by atoms with Crippen LogP contribution in [0.1, 0.15) is 40.5 Å². The molecule has 1 unspecified atom stereocenters. The molecule has 2 amide bonds. The molecule has 0 N–H and O–H groups in total. The normalized spacial score (nSPS) is 12.8. The monoisotopic (exact) mass is 288 g/mol. The molecular weight excluding hydrogens is 260 g/mol. The standard InChI is InChI=1S/C14H28N2O4/c1-8-11(12(17)16(6)19-7)9-10-15(5)13(18)20-14(2,3)4/h11H,8-10H2,1-7H3. The summed E-state index contributed by atoms with van der Waals surface area (Å²) in [6, 6.07) is 0. The minimum absolute atomic E-state index is 0.0763. The van der Waals surface area contributed by atoms with Crippen LogP contribution in [0.4, 0.5) is 4.79 Å². The largest absolute Gasteiger partial charge is 0.444 e. The van der Waals surface area contributed by atoms with Crippen molar-refractivity contribution in [1.82, 2.24) is 9.96 Å². The van der Waals surface area contributed by atoms with Crippen molar-refractivity contribution in [3.8, 4) is 0 Å². The van der Waals surface area contributed by atoms with Crippen LogP contribution < -0.4 is 0 Å². The first-order valence-electron chi connectivity index (χ1n) is 6.88. The Morgan fingerprint density at radius 1 is 1.20 bits per heavy atom. The number of carbonyl (C=O) groups is 2. The van der Waals surface area contributed by atoms with E-state index in [1.807, 2.05) is 27.7 Å². The first kappa shape index (κ1) is 18.7. The van der Waals surface area contributed by atoms with E-state index in [0.29, 0.717) is 19.4 Å². The molecule has 6 heteroatoms. The molecular formula is C14H28N2O4. The second kappa shape index (κ2) is 8.09. The Morgan fingerprint density at radius 3 is 2.15 bits per heavy atom. The summed E-state index contributed by atoms with van der Waals surface area (Å²) in [5, 5.41) is 1.22. The molecule has 0 fully saturated rings. The van der Waals surface area contributed by atoms with Crippen LogP contribution in [0.5, 0.6) is 0 Å². The van der Waals surface area contributed by atoms with Crippen molar-refractivity contribution < 1.29 is 19.2 Å². The fourth-order valence-corrected chi connectivity index (χ4v) is 1.63. The highest BCUT2D eigenvalue weighted by Gasteiger charge is 2.23. The van der Waals surface area contributed by atoms with Gasteiger partial charge in [0.15, 0.2) is 0 Å². The van der Waals surface area contributed by atoms with Gasteiger partial charge in [-0.2, -0.15) is 0 Å². The summed E-state index contributed by atoms with van der Waals surface area (Å²) < 4.78 is 5.26. The maximum absolute atomic E-state index is 12.0. The van der Waals surface area contributed by atoms with E-state index in [2.05, 4.69) is 0 Å². The van der Waals surface area contributed by atoms with E-state index in [-0.39, 0.29) is 17.9 Å². The fourth-order valence-electron chi connectivity index (χ4n) is 1.63. The van der Waals surface area contributed by atoms with Crippen LogP contribution in [0.3, 0.4) is 0 Å². The van der Waals surface area contributed by atoms with Gasteiger partial charge in [-0.15, -0.1) is 0 Å². The number of carbonyl (C=O) groups excluding carboxylic acids is 2. The van der Waals surface area contributed by atoms with E-state index in [1.165, 1.54) is 17.1 Å². The molecule has 6 nitrogen and oxygen atoms in total. The van der Waals surface area contributed by atoms with Crippen molar-refractivity contribution in [2.75, 3.05) is 27.7 Å². The Hall–Kier alpha value is -1.30. The van der Waals surface area contributed by atoms with Crippen LogP contribution in [0.25, 0.3) is 0 Å². The molecule has 0 radical (unpaired) electrons. The zero-order chi connectivity index (χ0) is 15.9. The smallest absolute Gasteiger partial charge is 0.410 e. The van der Waals surface area contributed by atoms with Gasteiger partial charge >= 0.3 is 6.09 Å². The van der Waals surface area contributed by atoms with Gasteiger partial charge in [-0.05, 0) is 33.6 Å². The lowest BCUT2D eigenvalue weighted by Crippen LogP contribution is -2.37. The molecule has 0 rings (SSSR count). The zero-order valence-corrected chi connectivity index (χ0v) is 13.7. The van der Waals surface area contributed by atoms with Crippen molar-refractivity contribution in [2.45, 2.75) is 46.1 Å². The van der Waals surface area contributed by atoms with Crippen LogP contribution >= 0.6 is 0 Å². The van der Waals surface area contributed by atoms with E-state index >= 15 is 0 Å². The van der Waals surface area contributed by atoms with E-state index in [0.717, 1.165) is 0 Å². The number of amides is 2. The Morgan fingerprint density at radius 2 is 1.75 bits per heavy atom.